The second kappa shape index (κ2) is 5.19. The summed E-state index contributed by atoms with van der Waals surface area (Å²) in [6.45, 7) is 2.72. The van der Waals surface area contributed by atoms with E-state index in [9.17, 15) is 0 Å². The molecule has 4 heteroatoms. The molecule has 13 heavy (non-hydrogen) atoms. The first-order valence-corrected chi connectivity index (χ1v) is 4.89. The molecule has 0 aliphatic rings. The summed E-state index contributed by atoms with van der Waals surface area (Å²) < 4.78 is 5.98. The Hall–Kier alpha value is -0.610. The van der Waals surface area contributed by atoms with E-state index in [1.54, 1.807) is 13.3 Å². The van der Waals surface area contributed by atoms with E-state index in [4.69, 9.17) is 4.74 Å². The van der Waals surface area contributed by atoms with Crippen LogP contribution >= 0.6 is 15.9 Å². The number of nitrogens with one attached hydrogen (secondary N) is 1. The number of methoxy groups -OCH3 is 1. The number of aromatic nitrogens is 1. The van der Waals surface area contributed by atoms with Crippen LogP contribution in [0.1, 0.15) is 6.92 Å². The van der Waals surface area contributed by atoms with E-state index in [0.717, 1.165) is 10.3 Å². The van der Waals surface area contributed by atoms with Crippen LogP contribution in [0, 0.1) is 0 Å². The summed E-state index contributed by atoms with van der Waals surface area (Å²) in [6, 6.07) is 4.10. The van der Waals surface area contributed by atoms with E-state index in [1.807, 2.05) is 19.1 Å². The van der Waals surface area contributed by atoms with Crippen LogP contribution in [0.25, 0.3) is 0 Å². The molecule has 3 nitrogen and oxygen atoms in total. The molecule has 1 aromatic rings. The van der Waals surface area contributed by atoms with Crippen molar-refractivity contribution in [3.05, 3.63) is 22.8 Å². The fourth-order valence-corrected chi connectivity index (χ4v) is 1.39. The molecule has 1 atom stereocenters. The maximum atomic E-state index is 5.01. The molecule has 0 fully saturated rings. The zero-order chi connectivity index (χ0) is 9.68. The van der Waals surface area contributed by atoms with Gasteiger partial charge in [-0.05, 0) is 35.0 Å². The van der Waals surface area contributed by atoms with Crippen LogP contribution in [-0.4, -0.2) is 24.7 Å². The SMILES string of the molecule is COCC(C)Nc1ncccc1Br. The lowest BCUT2D eigenvalue weighted by Gasteiger charge is -2.13. The Morgan fingerprint density at radius 3 is 3.08 bits per heavy atom. The Morgan fingerprint density at radius 2 is 2.46 bits per heavy atom. The molecule has 0 aromatic carbocycles. The van der Waals surface area contributed by atoms with Crippen LogP contribution in [0.2, 0.25) is 0 Å². The van der Waals surface area contributed by atoms with Crippen molar-refractivity contribution in [2.75, 3.05) is 19.0 Å². The van der Waals surface area contributed by atoms with Gasteiger partial charge < -0.3 is 10.1 Å². The van der Waals surface area contributed by atoms with Crippen molar-refractivity contribution in [1.29, 1.82) is 0 Å². The zero-order valence-electron chi connectivity index (χ0n) is 7.75. The third kappa shape index (κ3) is 3.32. The van der Waals surface area contributed by atoms with Gasteiger partial charge in [0.15, 0.2) is 0 Å². The molecule has 1 N–H and O–H groups in total. The maximum absolute atomic E-state index is 5.01. The monoisotopic (exact) mass is 244 g/mol. The molecule has 0 saturated carbocycles. The maximum Gasteiger partial charge on any atom is 0.140 e. The fraction of sp³-hybridized carbons (Fsp3) is 0.444. The number of halogens is 1. The molecular formula is C9H13BrN2O. The Balaban J connectivity index is 2.58. The molecular weight excluding hydrogens is 232 g/mol. The number of pyridine rings is 1. The van der Waals surface area contributed by atoms with Gasteiger partial charge in [0.1, 0.15) is 5.82 Å². The molecule has 1 heterocycles. The summed E-state index contributed by atoms with van der Waals surface area (Å²) in [5.41, 5.74) is 0. The highest BCUT2D eigenvalue weighted by molar-refractivity contribution is 9.10. The van der Waals surface area contributed by atoms with Crippen LogP contribution in [0.15, 0.2) is 22.8 Å². The summed E-state index contributed by atoms with van der Waals surface area (Å²) in [6.07, 6.45) is 1.76. The van der Waals surface area contributed by atoms with Gasteiger partial charge in [-0.1, -0.05) is 0 Å². The fourth-order valence-electron chi connectivity index (χ4n) is 1.02. The minimum Gasteiger partial charge on any atom is -0.383 e. The van der Waals surface area contributed by atoms with Gasteiger partial charge in [0.25, 0.3) is 0 Å². The highest BCUT2D eigenvalue weighted by Gasteiger charge is 2.04. The largest absolute Gasteiger partial charge is 0.383 e. The molecule has 1 rings (SSSR count). The van der Waals surface area contributed by atoms with E-state index in [0.29, 0.717) is 6.61 Å². The van der Waals surface area contributed by atoms with E-state index >= 15 is 0 Å². The lowest BCUT2D eigenvalue weighted by atomic mass is 10.3. The molecule has 0 amide bonds. The van der Waals surface area contributed by atoms with Gasteiger partial charge in [0.2, 0.25) is 0 Å². The van der Waals surface area contributed by atoms with Crippen LogP contribution < -0.4 is 5.32 Å². The highest BCUT2D eigenvalue weighted by atomic mass is 79.9. The van der Waals surface area contributed by atoms with Crippen molar-refractivity contribution in [3.63, 3.8) is 0 Å². The lowest BCUT2D eigenvalue weighted by molar-refractivity contribution is 0.190. The molecule has 0 bridgehead atoms. The van der Waals surface area contributed by atoms with Crippen LogP contribution in [0.3, 0.4) is 0 Å². The standard InChI is InChI=1S/C9H13BrN2O/c1-7(6-13-2)12-9-8(10)4-3-5-11-9/h3-5,7H,6H2,1-2H3,(H,11,12). The van der Waals surface area contributed by atoms with Gasteiger partial charge in [0, 0.05) is 19.3 Å². The first-order valence-electron chi connectivity index (χ1n) is 4.10. The van der Waals surface area contributed by atoms with Gasteiger partial charge in [-0.3, -0.25) is 0 Å². The smallest absolute Gasteiger partial charge is 0.140 e. The molecule has 1 aromatic heterocycles. The minimum absolute atomic E-state index is 0.260. The molecule has 72 valence electrons. The number of anilines is 1. The molecule has 0 aliphatic carbocycles. The normalized spacial score (nSPS) is 12.5. The summed E-state index contributed by atoms with van der Waals surface area (Å²) in [5, 5.41) is 3.23. The Bertz CT molecular complexity index is 268. The minimum atomic E-state index is 0.260. The van der Waals surface area contributed by atoms with E-state index < -0.39 is 0 Å². The van der Waals surface area contributed by atoms with Crippen LogP contribution in [-0.2, 0) is 4.74 Å². The molecule has 0 aliphatic heterocycles. The molecule has 1 unspecified atom stereocenters. The van der Waals surface area contributed by atoms with Crippen molar-refractivity contribution in [2.24, 2.45) is 0 Å². The van der Waals surface area contributed by atoms with Gasteiger partial charge in [-0.25, -0.2) is 4.98 Å². The quantitative estimate of drug-likeness (QED) is 0.883. The van der Waals surface area contributed by atoms with Gasteiger partial charge in [-0.2, -0.15) is 0 Å². The summed E-state index contributed by atoms with van der Waals surface area (Å²) >= 11 is 3.41. The van der Waals surface area contributed by atoms with Crippen molar-refractivity contribution in [2.45, 2.75) is 13.0 Å². The van der Waals surface area contributed by atoms with Crippen LogP contribution in [0.5, 0.6) is 0 Å². The number of rotatable bonds is 4. The van der Waals surface area contributed by atoms with Gasteiger partial charge in [0.05, 0.1) is 11.1 Å². The van der Waals surface area contributed by atoms with Crippen LogP contribution in [0.4, 0.5) is 5.82 Å². The van der Waals surface area contributed by atoms with Crippen molar-refractivity contribution in [3.8, 4) is 0 Å². The average molecular weight is 245 g/mol. The summed E-state index contributed by atoms with van der Waals surface area (Å²) in [7, 11) is 1.69. The Labute approximate surface area is 86.6 Å². The lowest BCUT2D eigenvalue weighted by Crippen LogP contribution is -2.21. The number of hydrogen-bond acceptors (Lipinski definition) is 3. The van der Waals surface area contributed by atoms with Crippen molar-refractivity contribution in [1.82, 2.24) is 4.98 Å². The number of hydrogen-bond donors (Lipinski definition) is 1. The third-order valence-corrected chi connectivity index (χ3v) is 2.20. The summed E-state index contributed by atoms with van der Waals surface area (Å²) in [4.78, 5) is 4.19. The van der Waals surface area contributed by atoms with Gasteiger partial charge in [-0.15, -0.1) is 0 Å². The Morgan fingerprint density at radius 1 is 1.69 bits per heavy atom. The van der Waals surface area contributed by atoms with E-state index in [2.05, 4.69) is 26.2 Å². The van der Waals surface area contributed by atoms with E-state index in [-0.39, 0.29) is 6.04 Å². The topological polar surface area (TPSA) is 34.1 Å². The predicted molar refractivity (Wildman–Crippen MR) is 56.9 cm³/mol. The predicted octanol–water partition coefficient (Wildman–Crippen LogP) is 2.29. The van der Waals surface area contributed by atoms with Crippen molar-refractivity contribution < 1.29 is 4.74 Å². The molecule has 0 spiro atoms. The zero-order valence-corrected chi connectivity index (χ0v) is 9.34. The third-order valence-electron chi connectivity index (χ3n) is 1.56. The van der Waals surface area contributed by atoms with Crippen molar-refractivity contribution >= 4 is 21.7 Å². The average Bonchev–Trinajstić information content (AvgIpc) is 2.09. The first-order chi connectivity index (χ1) is 6.24. The second-order valence-electron chi connectivity index (χ2n) is 2.83. The second-order valence-corrected chi connectivity index (χ2v) is 3.69. The molecule has 0 saturated heterocycles. The van der Waals surface area contributed by atoms with E-state index in [1.165, 1.54) is 0 Å². The number of nitrogens with zero attached hydrogens (tertiary/aromatic N) is 1. The summed E-state index contributed by atoms with van der Waals surface area (Å²) in [5.74, 6) is 0.854. The highest BCUT2D eigenvalue weighted by Crippen LogP contribution is 2.18. The molecule has 0 radical (unpaired) electrons. The van der Waals surface area contributed by atoms with Gasteiger partial charge >= 0.3 is 0 Å². The first kappa shape index (κ1) is 10.5. The Kier molecular flexibility index (Phi) is 4.18. The number of ether oxygens (including phenoxy) is 1.